The van der Waals surface area contributed by atoms with Gasteiger partial charge in [-0.05, 0) is 35.7 Å². The fourth-order valence-corrected chi connectivity index (χ4v) is 4.07. The topological polar surface area (TPSA) is 90.6 Å². The number of carbonyl (C=O) groups is 2. The van der Waals surface area contributed by atoms with Gasteiger partial charge < -0.3 is 15.0 Å². The van der Waals surface area contributed by atoms with E-state index in [1.807, 2.05) is 44.2 Å². The van der Waals surface area contributed by atoms with Gasteiger partial charge in [-0.2, -0.15) is 5.10 Å². The monoisotopic (exact) mass is 461 g/mol. The van der Waals surface area contributed by atoms with Gasteiger partial charge >= 0.3 is 5.97 Å². The smallest absolute Gasteiger partial charge is 0.342 e. The minimum atomic E-state index is -0.561. The number of hydrogen-bond donors (Lipinski definition) is 2. The number of aromatic nitrogens is 2. The molecule has 0 unspecified atom stereocenters. The number of amides is 1. The highest BCUT2D eigenvalue weighted by Gasteiger charge is 2.19. The number of hydrogen-bond acceptors (Lipinski definition) is 6. The van der Waals surface area contributed by atoms with Gasteiger partial charge in [-0.25, -0.2) is 4.79 Å². The van der Waals surface area contributed by atoms with E-state index in [-0.39, 0.29) is 18.4 Å². The van der Waals surface area contributed by atoms with Gasteiger partial charge in [0.2, 0.25) is 0 Å². The Morgan fingerprint density at radius 3 is 2.41 bits per heavy atom. The number of aromatic amines is 1. The Labute approximate surface area is 199 Å². The highest BCUT2D eigenvalue weighted by atomic mass is 16.5. The first kappa shape index (κ1) is 23.5. The molecule has 1 aromatic heterocycles. The summed E-state index contributed by atoms with van der Waals surface area (Å²) >= 11 is 0. The number of esters is 1. The van der Waals surface area contributed by atoms with Crippen molar-refractivity contribution < 1.29 is 14.3 Å². The van der Waals surface area contributed by atoms with Gasteiger partial charge in [-0.1, -0.05) is 44.2 Å². The molecule has 178 valence electrons. The van der Waals surface area contributed by atoms with Crippen molar-refractivity contribution in [2.75, 3.05) is 43.0 Å². The number of piperazine rings is 1. The van der Waals surface area contributed by atoms with E-state index in [0.29, 0.717) is 16.9 Å². The number of nitrogens with one attached hydrogen (secondary N) is 2. The zero-order valence-corrected chi connectivity index (χ0v) is 19.7. The molecule has 1 amide bonds. The number of H-pyrrole nitrogens is 1. The summed E-state index contributed by atoms with van der Waals surface area (Å²) < 4.78 is 5.16. The third-order valence-corrected chi connectivity index (χ3v) is 5.94. The van der Waals surface area contributed by atoms with Crippen molar-refractivity contribution >= 4 is 23.3 Å². The lowest BCUT2D eigenvalue weighted by atomic mass is 10.1. The molecule has 2 heterocycles. The van der Waals surface area contributed by atoms with Crippen molar-refractivity contribution in [3.63, 3.8) is 0 Å². The number of anilines is 2. The Morgan fingerprint density at radius 2 is 1.74 bits per heavy atom. The predicted octanol–water partition coefficient (Wildman–Crippen LogP) is 3.65. The lowest BCUT2D eigenvalue weighted by Gasteiger charge is -2.36. The molecule has 2 N–H and O–H groups in total. The SMILES string of the molecule is CC(C)c1[nH]ncc1C(=O)OCC(=O)Nc1ccc(N2CCN(Cc3ccccc3)CC2)cc1. The van der Waals surface area contributed by atoms with E-state index < -0.39 is 5.97 Å². The second-order valence-electron chi connectivity index (χ2n) is 8.77. The van der Waals surface area contributed by atoms with Crippen LogP contribution in [0, 0.1) is 0 Å². The third-order valence-electron chi connectivity index (χ3n) is 5.94. The maximum Gasteiger partial charge on any atom is 0.342 e. The molecule has 0 radical (unpaired) electrons. The standard InChI is InChI=1S/C26H31N5O3/c1-19(2)25-23(16-27-29-25)26(33)34-18-24(32)28-21-8-10-22(11-9-21)31-14-12-30(13-15-31)17-20-6-4-3-5-7-20/h3-11,16,19H,12-15,17-18H2,1-2H3,(H,27,29)(H,28,32). The largest absolute Gasteiger partial charge is 0.452 e. The molecule has 0 aliphatic carbocycles. The van der Waals surface area contributed by atoms with Gasteiger partial charge in [0.25, 0.3) is 5.91 Å². The van der Waals surface area contributed by atoms with Crippen molar-refractivity contribution in [2.45, 2.75) is 26.3 Å². The molecule has 4 rings (SSSR count). The highest BCUT2D eigenvalue weighted by molar-refractivity contribution is 5.96. The zero-order chi connectivity index (χ0) is 23.9. The molecule has 8 nitrogen and oxygen atoms in total. The van der Waals surface area contributed by atoms with Crippen LogP contribution >= 0.6 is 0 Å². The van der Waals surface area contributed by atoms with Gasteiger partial charge in [-0.3, -0.25) is 14.8 Å². The summed E-state index contributed by atoms with van der Waals surface area (Å²) in [5.41, 5.74) is 4.19. The number of rotatable bonds is 8. The summed E-state index contributed by atoms with van der Waals surface area (Å²) in [4.78, 5) is 29.3. The van der Waals surface area contributed by atoms with Crippen LogP contribution in [0.15, 0.2) is 60.8 Å². The number of carbonyl (C=O) groups excluding carboxylic acids is 2. The van der Waals surface area contributed by atoms with E-state index >= 15 is 0 Å². The summed E-state index contributed by atoms with van der Waals surface area (Å²) in [6.45, 7) is 8.45. The van der Waals surface area contributed by atoms with Gasteiger partial charge in [0, 0.05) is 44.1 Å². The lowest BCUT2D eigenvalue weighted by Crippen LogP contribution is -2.45. The first-order chi connectivity index (χ1) is 16.5. The van der Waals surface area contributed by atoms with E-state index in [2.05, 4.69) is 49.6 Å². The van der Waals surface area contributed by atoms with Gasteiger partial charge in [-0.15, -0.1) is 0 Å². The number of benzene rings is 2. The fourth-order valence-electron chi connectivity index (χ4n) is 4.07. The van der Waals surface area contributed by atoms with E-state index in [1.54, 1.807) is 0 Å². The molecule has 0 bridgehead atoms. The van der Waals surface area contributed by atoms with Crippen LogP contribution in [-0.2, 0) is 16.1 Å². The molecule has 34 heavy (non-hydrogen) atoms. The van der Waals surface area contributed by atoms with Crippen LogP contribution < -0.4 is 10.2 Å². The molecule has 2 aromatic carbocycles. The van der Waals surface area contributed by atoms with Crippen molar-refractivity contribution in [1.29, 1.82) is 0 Å². The summed E-state index contributed by atoms with van der Waals surface area (Å²) in [5.74, 6) is -0.844. The van der Waals surface area contributed by atoms with Crippen LogP contribution in [0.5, 0.6) is 0 Å². The van der Waals surface area contributed by atoms with Gasteiger partial charge in [0.15, 0.2) is 6.61 Å². The van der Waals surface area contributed by atoms with Crippen LogP contribution in [0.25, 0.3) is 0 Å². The van der Waals surface area contributed by atoms with Crippen LogP contribution in [0.3, 0.4) is 0 Å². The average molecular weight is 462 g/mol. The molecular weight excluding hydrogens is 430 g/mol. The lowest BCUT2D eigenvalue weighted by molar-refractivity contribution is -0.119. The van der Waals surface area contributed by atoms with E-state index in [0.717, 1.165) is 38.4 Å². The van der Waals surface area contributed by atoms with Crippen LogP contribution in [0.4, 0.5) is 11.4 Å². The molecule has 1 aliphatic heterocycles. The first-order valence-electron chi connectivity index (χ1n) is 11.6. The molecule has 3 aromatic rings. The molecular formula is C26H31N5O3. The molecule has 1 saturated heterocycles. The highest BCUT2D eigenvalue weighted by Crippen LogP contribution is 2.21. The minimum Gasteiger partial charge on any atom is -0.452 e. The van der Waals surface area contributed by atoms with Crippen molar-refractivity contribution in [1.82, 2.24) is 15.1 Å². The molecule has 1 aliphatic rings. The maximum absolute atomic E-state index is 12.3. The van der Waals surface area contributed by atoms with E-state index in [9.17, 15) is 9.59 Å². The first-order valence-corrected chi connectivity index (χ1v) is 11.6. The van der Waals surface area contributed by atoms with Gasteiger partial charge in [0.05, 0.1) is 11.9 Å². The van der Waals surface area contributed by atoms with Crippen molar-refractivity contribution in [3.05, 3.63) is 77.6 Å². The second-order valence-corrected chi connectivity index (χ2v) is 8.77. The van der Waals surface area contributed by atoms with Gasteiger partial charge in [0.1, 0.15) is 5.56 Å². The van der Waals surface area contributed by atoms with Crippen molar-refractivity contribution in [2.24, 2.45) is 0 Å². The van der Waals surface area contributed by atoms with E-state index in [1.165, 1.54) is 11.8 Å². The Morgan fingerprint density at radius 1 is 1.03 bits per heavy atom. The molecule has 1 fully saturated rings. The molecule has 0 atom stereocenters. The van der Waals surface area contributed by atoms with Crippen LogP contribution in [0.2, 0.25) is 0 Å². The Balaban J connectivity index is 1.22. The van der Waals surface area contributed by atoms with Crippen LogP contribution in [0.1, 0.15) is 41.4 Å². The Kier molecular flexibility index (Phi) is 7.59. The fraction of sp³-hybridized carbons (Fsp3) is 0.346. The van der Waals surface area contributed by atoms with Crippen molar-refractivity contribution in [3.8, 4) is 0 Å². The molecule has 8 heteroatoms. The predicted molar refractivity (Wildman–Crippen MR) is 132 cm³/mol. The Hall–Kier alpha value is -3.65. The second kappa shape index (κ2) is 11.0. The number of nitrogens with zero attached hydrogens (tertiary/aromatic N) is 3. The molecule has 0 spiro atoms. The summed E-state index contributed by atoms with van der Waals surface area (Å²) in [5, 5.41) is 9.47. The summed E-state index contributed by atoms with van der Waals surface area (Å²) in [6.07, 6.45) is 1.43. The summed E-state index contributed by atoms with van der Waals surface area (Å²) in [7, 11) is 0. The average Bonchev–Trinajstić information content (AvgIpc) is 3.35. The normalized spacial score (nSPS) is 14.3. The minimum absolute atomic E-state index is 0.101. The maximum atomic E-state index is 12.3. The quantitative estimate of drug-likeness (QED) is 0.498. The molecule has 0 saturated carbocycles. The van der Waals surface area contributed by atoms with Crippen LogP contribution in [-0.4, -0.2) is 59.8 Å². The Bertz CT molecular complexity index is 1090. The summed E-state index contributed by atoms with van der Waals surface area (Å²) in [6, 6.07) is 18.3. The zero-order valence-electron chi connectivity index (χ0n) is 19.7. The third kappa shape index (κ3) is 6.02. The number of ether oxygens (including phenoxy) is 1. The van der Waals surface area contributed by atoms with E-state index in [4.69, 9.17) is 4.74 Å².